The molecule has 0 unspecified atom stereocenters. The van der Waals surface area contributed by atoms with Gasteiger partial charge >= 0.3 is 5.97 Å². The lowest BCUT2D eigenvalue weighted by Gasteiger charge is -2.07. The zero-order valence-corrected chi connectivity index (χ0v) is 11.6. The van der Waals surface area contributed by atoms with Crippen molar-refractivity contribution in [2.45, 2.75) is 4.21 Å². The SMILES string of the molecule is O=C(O)c1cccnc1NS(=O)(=O)c1ccc(Cl)s1. The molecule has 2 N–H and O–H groups in total. The first-order valence-electron chi connectivity index (χ1n) is 4.86. The molecule has 0 aliphatic carbocycles. The Morgan fingerprint density at radius 3 is 2.68 bits per heavy atom. The van der Waals surface area contributed by atoms with Crippen LogP contribution in [0.1, 0.15) is 10.4 Å². The fraction of sp³-hybridized carbons (Fsp3) is 0. The number of hydrogen-bond donors (Lipinski definition) is 2. The van der Waals surface area contributed by atoms with Crippen LogP contribution in [-0.4, -0.2) is 24.5 Å². The van der Waals surface area contributed by atoms with E-state index in [0.717, 1.165) is 11.3 Å². The summed E-state index contributed by atoms with van der Waals surface area (Å²) in [7, 11) is -3.89. The summed E-state index contributed by atoms with van der Waals surface area (Å²) in [4.78, 5) is 14.7. The van der Waals surface area contributed by atoms with Crippen molar-refractivity contribution in [3.63, 3.8) is 0 Å². The van der Waals surface area contributed by atoms with Gasteiger partial charge < -0.3 is 5.11 Å². The number of aromatic carboxylic acids is 1. The molecule has 0 aliphatic heterocycles. The second-order valence-electron chi connectivity index (χ2n) is 3.37. The molecule has 0 aliphatic rings. The second-order valence-corrected chi connectivity index (χ2v) is 6.99. The normalized spacial score (nSPS) is 11.2. The van der Waals surface area contributed by atoms with Crippen molar-refractivity contribution in [2.24, 2.45) is 0 Å². The van der Waals surface area contributed by atoms with Crippen LogP contribution in [-0.2, 0) is 10.0 Å². The molecule has 0 saturated heterocycles. The third-order valence-electron chi connectivity index (χ3n) is 2.08. The van der Waals surface area contributed by atoms with Gasteiger partial charge in [0.25, 0.3) is 10.0 Å². The molecule has 0 amide bonds. The van der Waals surface area contributed by atoms with Crippen molar-refractivity contribution in [2.75, 3.05) is 4.72 Å². The van der Waals surface area contributed by atoms with Crippen LogP contribution in [0.15, 0.2) is 34.7 Å². The quantitative estimate of drug-likeness (QED) is 0.901. The molecule has 2 rings (SSSR count). The number of anilines is 1. The van der Waals surface area contributed by atoms with Crippen LogP contribution < -0.4 is 4.72 Å². The van der Waals surface area contributed by atoms with Crippen LogP contribution in [0.4, 0.5) is 5.82 Å². The first kappa shape index (κ1) is 13.8. The highest BCUT2D eigenvalue weighted by Gasteiger charge is 2.20. The van der Waals surface area contributed by atoms with Crippen LogP contribution in [0, 0.1) is 0 Å². The minimum Gasteiger partial charge on any atom is -0.478 e. The Labute approximate surface area is 117 Å². The van der Waals surface area contributed by atoms with E-state index in [2.05, 4.69) is 9.71 Å². The lowest BCUT2D eigenvalue weighted by Crippen LogP contribution is -2.15. The molecule has 0 atom stereocenters. The fourth-order valence-electron chi connectivity index (χ4n) is 1.28. The molecule has 0 bridgehead atoms. The number of rotatable bonds is 4. The number of carboxylic acids is 1. The number of aromatic nitrogens is 1. The lowest BCUT2D eigenvalue weighted by molar-refractivity contribution is 0.0697. The van der Waals surface area contributed by atoms with E-state index in [-0.39, 0.29) is 15.6 Å². The number of pyridine rings is 1. The average molecular weight is 319 g/mol. The average Bonchev–Trinajstić information content (AvgIpc) is 2.76. The third kappa shape index (κ3) is 3.03. The van der Waals surface area contributed by atoms with Crippen molar-refractivity contribution < 1.29 is 18.3 Å². The number of thiophene rings is 1. The number of nitrogens with zero attached hydrogens (tertiary/aromatic N) is 1. The molecule has 2 aromatic heterocycles. The Morgan fingerprint density at radius 2 is 2.11 bits per heavy atom. The summed E-state index contributed by atoms with van der Waals surface area (Å²) < 4.78 is 26.4. The van der Waals surface area contributed by atoms with Gasteiger partial charge in [0, 0.05) is 6.20 Å². The molecule has 19 heavy (non-hydrogen) atoms. The first-order chi connectivity index (χ1) is 8.90. The molecular weight excluding hydrogens is 312 g/mol. The van der Waals surface area contributed by atoms with E-state index in [0.29, 0.717) is 4.34 Å². The molecule has 0 radical (unpaired) electrons. The van der Waals surface area contributed by atoms with Crippen LogP contribution in [0.5, 0.6) is 0 Å². The zero-order chi connectivity index (χ0) is 14.0. The predicted molar refractivity (Wildman–Crippen MR) is 71.3 cm³/mol. The van der Waals surface area contributed by atoms with Crippen molar-refractivity contribution in [1.82, 2.24) is 4.98 Å². The van der Waals surface area contributed by atoms with Gasteiger partial charge in [-0.1, -0.05) is 11.6 Å². The molecule has 0 spiro atoms. The highest BCUT2D eigenvalue weighted by atomic mass is 35.5. The van der Waals surface area contributed by atoms with Crippen molar-refractivity contribution in [3.8, 4) is 0 Å². The molecular formula is C10H7ClN2O4S2. The maximum Gasteiger partial charge on any atom is 0.339 e. The van der Waals surface area contributed by atoms with E-state index in [1.807, 2.05) is 0 Å². The van der Waals surface area contributed by atoms with Crippen LogP contribution >= 0.6 is 22.9 Å². The van der Waals surface area contributed by atoms with E-state index in [1.54, 1.807) is 0 Å². The summed E-state index contributed by atoms with van der Waals surface area (Å²) >= 11 is 6.54. The Bertz CT molecular complexity index is 727. The lowest BCUT2D eigenvalue weighted by atomic mass is 10.3. The van der Waals surface area contributed by atoms with E-state index in [1.165, 1.54) is 30.5 Å². The van der Waals surface area contributed by atoms with Crippen molar-refractivity contribution in [1.29, 1.82) is 0 Å². The highest BCUT2D eigenvalue weighted by molar-refractivity contribution is 7.94. The second kappa shape index (κ2) is 5.16. The Morgan fingerprint density at radius 1 is 1.37 bits per heavy atom. The number of carbonyl (C=O) groups is 1. The molecule has 100 valence electrons. The van der Waals surface area contributed by atoms with Gasteiger partial charge in [0.05, 0.1) is 4.34 Å². The molecule has 0 saturated carbocycles. The number of carboxylic acid groups (broad SMARTS) is 1. The summed E-state index contributed by atoms with van der Waals surface area (Å²) in [6, 6.07) is 5.44. The molecule has 0 fully saturated rings. The topological polar surface area (TPSA) is 96.4 Å². The van der Waals surface area contributed by atoms with Gasteiger partial charge in [-0.25, -0.2) is 18.2 Å². The molecule has 2 aromatic rings. The van der Waals surface area contributed by atoms with E-state index >= 15 is 0 Å². The maximum atomic E-state index is 12.0. The number of halogens is 1. The summed E-state index contributed by atoms with van der Waals surface area (Å²) in [5.74, 6) is -1.51. The molecule has 9 heteroatoms. The van der Waals surface area contributed by atoms with Crippen LogP contribution in [0.25, 0.3) is 0 Å². The van der Waals surface area contributed by atoms with Gasteiger partial charge in [0.15, 0.2) is 5.82 Å². The minimum absolute atomic E-state index is 0.0144. The van der Waals surface area contributed by atoms with Gasteiger partial charge in [-0.2, -0.15) is 0 Å². The standard InChI is InChI=1S/C10H7ClN2O4S2/c11-7-3-4-8(18-7)19(16,17)13-9-6(10(14)15)2-1-5-12-9/h1-5H,(H,12,13)(H,14,15). The van der Waals surface area contributed by atoms with Crippen LogP contribution in [0.3, 0.4) is 0 Å². The van der Waals surface area contributed by atoms with E-state index in [4.69, 9.17) is 16.7 Å². The number of nitrogens with one attached hydrogen (secondary N) is 1. The summed E-state index contributed by atoms with van der Waals surface area (Å²) in [6.45, 7) is 0. The third-order valence-corrected chi connectivity index (χ3v) is 5.14. The Balaban J connectivity index is 2.39. The molecule has 0 aromatic carbocycles. The molecule has 6 nitrogen and oxygen atoms in total. The van der Waals surface area contributed by atoms with Gasteiger partial charge in [-0.3, -0.25) is 4.72 Å². The fourth-order valence-corrected chi connectivity index (χ4v) is 3.79. The van der Waals surface area contributed by atoms with E-state index in [9.17, 15) is 13.2 Å². The minimum atomic E-state index is -3.89. The monoisotopic (exact) mass is 318 g/mol. The van der Waals surface area contributed by atoms with Gasteiger partial charge in [0.1, 0.15) is 9.77 Å². The summed E-state index contributed by atoms with van der Waals surface area (Å²) in [6.07, 6.45) is 1.30. The summed E-state index contributed by atoms with van der Waals surface area (Å²) in [5, 5.41) is 8.94. The van der Waals surface area contributed by atoms with Crippen molar-refractivity contribution >= 4 is 44.7 Å². The summed E-state index contributed by atoms with van der Waals surface area (Å²) in [5.41, 5.74) is -0.228. The van der Waals surface area contributed by atoms with Gasteiger partial charge in [0.2, 0.25) is 0 Å². The van der Waals surface area contributed by atoms with Crippen molar-refractivity contribution in [3.05, 3.63) is 40.4 Å². The van der Waals surface area contributed by atoms with Gasteiger partial charge in [-0.15, -0.1) is 11.3 Å². The Kier molecular flexibility index (Phi) is 3.74. The zero-order valence-electron chi connectivity index (χ0n) is 9.20. The Hall–Kier alpha value is -1.64. The largest absolute Gasteiger partial charge is 0.478 e. The molecule has 2 heterocycles. The first-order valence-corrected chi connectivity index (χ1v) is 7.54. The van der Waals surface area contributed by atoms with Gasteiger partial charge in [-0.05, 0) is 24.3 Å². The maximum absolute atomic E-state index is 12.0. The number of sulfonamides is 1. The predicted octanol–water partition coefficient (Wildman–Crippen LogP) is 2.30. The smallest absolute Gasteiger partial charge is 0.339 e. The number of hydrogen-bond acceptors (Lipinski definition) is 5. The highest BCUT2D eigenvalue weighted by Crippen LogP contribution is 2.27. The van der Waals surface area contributed by atoms with Crippen LogP contribution in [0.2, 0.25) is 4.34 Å². The van der Waals surface area contributed by atoms with E-state index < -0.39 is 16.0 Å².